The zero-order chi connectivity index (χ0) is 58.7. The van der Waals surface area contributed by atoms with Crippen molar-refractivity contribution in [1.29, 1.82) is 0 Å². The molecule has 5 nitrogen and oxygen atoms in total. The first kappa shape index (κ1) is 38.9. The Morgan fingerprint density at radius 3 is 1.68 bits per heavy atom. The third-order valence-electron chi connectivity index (χ3n) is 13.6. The number of hydrogen-bond acceptors (Lipinski definition) is 5. The fourth-order valence-electron chi connectivity index (χ4n) is 9.70. The molecule has 0 spiro atoms. The van der Waals surface area contributed by atoms with Gasteiger partial charge in [-0.2, -0.15) is 0 Å². The number of aromatic nitrogens is 4. The number of aryl methyl sites for hydroxylation is 4. The van der Waals surface area contributed by atoms with Crippen LogP contribution in [0.15, 0.2) is 193 Å². The molecule has 5 heterocycles. The van der Waals surface area contributed by atoms with E-state index in [-0.39, 0.29) is 59.2 Å². The molecule has 0 saturated carbocycles. The summed E-state index contributed by atoms with van der Waals surface area (Å²) in [6.45, 7) is 3.41. The predicted octanol–water partition coefficient (Wildman–Crippen LogP) is 16.3. The Morgan fingerprint density at radius 1 is 0.514 bits per heavy atom. The fraction of sp³-hybridized carbons (Fsp3) is 0.176. The molecule has 11 aromatic rings. The van der Waals surface area contributed by atoms with Crippen LogP contribution in [0.4, 0.5) is 0 Å². The Morgan fingerprint density at radius 2 is 1.08 bits per heavy atom. The second-order valence-electron chi connectivity index (χ2n) is 19.8. The van der Waals surface area contributed by atoms with Crippen molar-refractivity contribution in [3.8, 4) is 56.2 Å². The minimum atomic E-state index is -2.86. The van der Waals surface area contributed by atoms with Crippen LogP contribution in [-0.2, 0) is 56.5 Å². The van der Waals surface area contributed by atoms with Gasteiger partial charge in [0.1, 0.15) is 5.58 Å². The molecule has 74 heavy (non-hydrogen) atoms. The molecule has 0 unspecified atom stereocenters. The molecular formula is C68H57IrN4O. The summed E-state index contributed by atoms with van der Waals surface area (Å²) >= 11 is 0. The van der Waals surface area contributed by atoms with Gasteiger partial charge in [0.25, 0.3) is 0 Å². The van der Waals surface area contributed by atoms with Crippen LogP contribution in [0.25, 0.3) is 78.2 Å². The van der Waals surface area contributed by atoms with Crippen LogP contribution in [0, 0.1) is 31.9 Å². The summed E-state index contributed by atoms with van der Waals surface area (Å²) in [5.41, 5.74) is 8.78. The number of nitrogens with zero attached hydrogens (tertiary/aromatic N) is 4. The van der Waals surface area contributed by atoms with Gasteiger partial charge in [-0.05, 0) is 140 Å². The van der Waals surface area contributed by atoms with E-state index in [2.05, 4.69) is 64.1 Å². The average molecular weight is 1150 g/mol. The summed E-state index contributed by atoms with van der Waals surface area (Å²) in [7, 11) is 0. The van der Waals surface area contributed by atoms with Crippen LogP contribution in [0.5, 0.6) is 0 Å². The summed E-state index contributed by atoms with van der Waals surface area (Å²) < 4.78 is 97.5. The molecule has 364 valence electrons. The van der Waals surface area contributed by atoms with Crippen molar-refractivity contribution in [1.82, 2.24) is 19.9 Å². The smallest absolute Gasteiger partial charge is 0.499 e. The molecule has 0 aliphatic carbocycles. The van der Waals surface area contributed by atoms with Crippen molar-refractivity contribution in [2.24, 2.45) is 0 Å². The van der Waals surface area contributed by atoms with Crippen molar-refractivity contribution in [3.05, 3.63) is 251 Å². The van der Waals surface area contributed by atoms with E-state index in [1.807, 2.05) is 73.1 Å². The number of pyridine rings is 4. The summed E-state index contributed by atoms with van der Waals surface area (Å²) in [6.07, 6.45) is 0.284. The maximum Gasteiger partial charge on any atom is 3.00 e. The summed E-state index contributed by atoms with van der Waals surface area (Å²) in [6, 6.07) is 60.3. The van der Waals surface area contributed by atoms with E-state index >= 15 is 0 Å². The fourth-order valence-corrected chi connectivity index (χ4v) is 9.70. The number of benzene rings is 6. The first-order chi connectivity index (χ1) is 39.4. The number of hydrogen-bond donors (Lipinski definition) is 0. The largest absolute Gasteiger partial charge is 3.00 e. The maximum atomic E-state index is 10.1. The van der Waals surface area contributed by atoms with Gasteiger partial charge >= 0.3 is 20.1 Å². The predicted molar refractivity (Wildman–Crippen MR) is 298 cm³/mol. The zero-order valence-corrected chi connectivity index (χ0v) is 43.7. The van der Waals surface area contributed by atoms with Gasteiger partial charge < -0.3 is 19.4 Å². The Balaban J connectivity index is 0.00000786. The van der Waals surface area contributed by atoms with Crippen LogP contribution >= 0.6 is 0 Å². The first-order valence-electron chi connectivity index (χ1n) is 29.3. The molecular weight excluding hydrogens is 1080 g/mol. The Hall–Kier alpha value is -7.63. The Bertz CT molecular complexity index is 4070. The van der Waals surface area contributed by atoms with Gasteiger partial charge in [-0.1, -0.05) is 130 Å². The molecule has 0 bridgehead atoms. The van der Waals surface area contributed by atoms with Gasteiger partial charge in [0.05, 0.1) is 16.8 Å². The van der Waals surface area contributed by atoms with Gasteiger partial charge in [0, 0.05) is 37.9 Å². The van der Waals surface area contributed by atoms with Crippen LogP contribution < -0.4 is 0 Å². The van der Waals surface area contributed by atoms with E-state index in [0.29, 0.717) is 51.7 Å². The van der Waals surface area contributed by atoms with Crippen molar-refractivity contribution in [3.63, 3.8) is 0 Å². The molecule has 0 aliphatic rings. The molecule has 0 aliphatic heterocycles. The van der Waals surface area contributed by atoms with Crippen molar-refractivity contribution < 1.29 is 38.2 Å². The normalized spacial score (nSPS) is 14.5. The number of rotatable bonds is 14. The van der Waals surface area contributed by atoms with Gasteiger partial charge in [0.15, 0.2) is 0 Å². The topological polar surface area (TPSA) is 64.7 Å². The van der Waals surface area contributed by atoms with E-state index in [1.165, 1.54) is 12.3 Å². The molecule has 0 N–H and O–H groups in total. The van der Waals surface area contributed by atoms with Gasteiger partial charge in [0.2, 0.25) is 0 Å². The third kappa shape index (κ3) is 10.4. The SMILES string of the molecule is [2H]C([2H])([2H])c1ccccc1-c1ccc2oc3c(-c4cc(-c5ccccc5C([2H])([2H])[2H])c(C([2H])([2H])C([2H])([2H])c5cc(CC(C)(C)c6ccc(-c7[c-]cccc7)nc6)cc(CC(C)(C)c6ccc(-c7[c-]cccc7)nc6)c5)cn4)[c-]ccc3c2n1.[Ir+3]. The summed E-state index contributed by atoms with van der Waals surface area (Å²) in [5.74, 6) is 0. The monoisotopic (exact) mass is 1150 g/mol. The third-order valence-corrected chi connectivity index (χ3v) is 13.6. The minimum absolute atomic E-state index is 0. The quantitative estimate of drug-likeness (QED) is 0.102. The van der Waals surface area contributed by atoms with Crippen LogP contribution in [-0.4, -0.2) is 19.9 Å². The average Bonchev–Trinajstić information content (AvgIpc) is 1.25. The molecule has 6 heteroatoms. The van der Waals surface area contributed by atoms with E-state index < -0.39 is 37.3 Å². The molecule has 11 rings (SSSR count). The Kier molecular flexibility index (Phi) is 11.1. The maximum absolute atomic E-state index is 10.1. The van der Waals surface area contributed by atoms with E-state index in [1.54, 1.807) is 84.9 Å². The molecule has 0 saturated heterocycles. The summed E-state index contributed by atoms with van der Waals surface area (Å²) in [4.78, 5) is 19.4. The molecule has 0 amide bonds. The van der Waals surface area contributed by atoms with E-state index in [0.717, 1.165) is 44.8 Å². The standard InChI is InChI=1S/C68H57N4O.Ir/c1-45-18-13-15-24-55(45)59-39-63(57-26-17-27-58-65-64(73-66(57)58)35-34-62(72-65)56-25-16-14-19-46(56)2)69-42-52(59)29-28-47-36-48(40-67(3,4)53-30-32-60(70-43-53)50-20-9-7-10-21-50)38-49(37-47)41-68(5,6)54-31-33-61(71-44-54)51-22-11-8-12-23-51;/h7-20,22,24-25,27,30-39,42-44H,28-29,40-41H2,1-6H3;/q-3;+3/i1D3,2D3,28D2,29D2;. The van der Waals surface area contributed by atoms with Crippen LogP contribution in [0.1, 0.15) is 85.9 Å². The first-order valence-corrected chi connectivity index (χ1v) is 24.3. The molecule has 0 atom stereocenters. The van der Waals surface area contributed by atoms with Gasteiger partial charge in [-0.15, -0.1) is 90.0 Å². The number of furan rings is 1. The molecule has 5 aromatic heterocycles. The Labute approximate surface area is 463 Å². The minimum Gasteiger partial charge on any atom is -0.499 e. The van der Waals surface area contributed by atoms with Crippen LogP contribution in [0.3, 0.4) is 0 Å². The second-order valence-corrected chi connectivity index (χ2v) is 19.8. The van der Waals surface area contributed by atoms with Gasteiger partial charge in [-0.3, -0.25) is 0 Å². The summed E-state index contributed by atoms with van der Waals surface area (Å²) in [5, 5.41) is 0.573. The molecule has 0 fully saturated rings. The van der Waals surface area contributed by atoms with Crippen LogP contribution in [0.2, 0.25) is 0 Å². The zero-order valence-electron chi connectivity index (χ0n) is 51.3. The van der Waals surface area contributed by atoms with Crippen molar-refractivity contribution in [2.75, 3.05) is 0 Å². The number of fused-ring (bicyclic) bond motifs is 3. The van der Waals surface area contributed by atoms with E-state index in [4.69, 9.17) is 32.6 Å². The van der Waals surface area contributed by atoms with Crippen molar-refractivity contribution in [2.45, 2.75) is 77.8 Å². The molecule has 0 radical (unpaired) electrons. The van der Waals surface area contributed by atoms with Crippen molar-refractivity contribution >= 4 is 22.1 Å². The van der Waals surface area contributed by atoms with E-state index in [9.17, 15) is 5.48 Å². The molecule has 6 aromatic carbocycles. The second kappa shape index (κ2) is 21.1. The van der Waals surface area contributed by atoms with Gasteiger partial charge in [-0.25, -0.2) is 4.98 Å².